The van der Waals surface area contributed by atoms with Crippen molar-refractivity contribution < 1.29 is 9.53 Å². The highest BCUT2D eigenvalue weighted by Crippen LogP contribution is 2.22. The van der Waals surface area contributed by atoms with Crippen molar-refractivity contribution in [3.63, 3.8) is 0 Å². The minimum Gasteiger partial charge on any atom is -0.464 e. The molecule has 0 bridgehead atoms. The molecule has 5 heteroatoms. The average Bonchev–Trinajstić information content (AvgIpc) is 3.02. The summed E-state index contributed by atoms with van der Waals surface area (Å²) >= 11 is 0. The number of unbranched alkanes of at least 4 members (excludes halogenated alkanes) is 5. The van der Waals surface area contributed by atoms with Crippen LogP contribution in [0.1, 0.15) is 55.9 Å². The summed E-state index contributed by atoms with van der Waals surface area (Å²) in [6.45, 7) is 2.90. The van der Waals surface area contributed by atoms with Gasteiger partial charge in [-0.05, 0) is 6.42 Å². The van der Waals surface area contributed by atoms with Crippen LogP contribution in [0.2, 0.25) is 0 Å². The van der Waals surface area contributed by atoms with E-state index in [1.807, 2.05) is 30.3 Å². The van der Waals surface area contributed by atoms with Gasteiger partial charge in [-0.1, -0.05) is 74.6 Å². The summed E-state index contributed by atoms with van der Waals surface area (Å²) in [6, 6.07) is 9.62. The van der Waals surface area contributed by atoms with Crippen LogP contribution in [0.5, 0.6) is 0 Å². The molecule has 124 valence electrons. The number of hydrogen-bond donors (Lipinski definition) is 0. The molecule has 1 heterocycles. The van der Waals surface area contributed by atoms with Crippen molar-refractivity contribution in [2.24, 2.45) is 0 Å². The Hall–Kier alpha value is -2.17. The van der Waals surface area contributed by atoms with Gasteiger partial charge >= 0.3 is 5.97 Å². The van der Waals surface area contributed by atoms with Gasteiger partial charge in [-0.3, -0.25) is 0 Å². The highest BCUT2D eigenvalue weighted by Gasteiger charge is 2.21. The maximum Gasteiger partial charge on any atom is 0.358 e. The number of aryl methyl sites for hydroxylation is 1. The van der Waals surface area contributed by atoms with Crippen LogP contribution in [0.25, 0.3) is 11.3 Å². The number of rotatable bonds is 9. The first-order valence-electron chi connectivity index (χ1n) is 8.35. The summed E-state index contributed by atoms with van der Waals surface area (Å²) in [5.74, 6) is -0.389. The van der Waals surface area contributed by atoms with Crippen molar-refractivity contribution in [2.45, 2.75) is 52.0 Å². The van der Waals surface area contributed by atoms with Crippen molar-refractivity contribution in [3.8, 4) is 11.3 Å². The smallest absolute Gasteiger partial charge is 0.358 e. The quantitative estimate of drug-likeness (QED) is 0.516. The molecule has 1 aromatic heterocycles. The third-order valence-corrected chi connectivity index (χ3v) is 3.88. The summed E-state index contributed by atoms with van der Waals surface area (Å²) in [7, 11) is 1.39. The Morgan fingerprint density at radius 1 is 1.09 bits per heavy atom. The zero-order valence-corrected chi connectivity index (χ0v) is 14.0. The van der Waals surface area contributed by atoms with E-state index in [2.05, 4.69) is 17.2 Å². The first-order valence-corrected chi connectivity index (χ1v) is 8.35. The number of esters is 1. The number of benzene rings is 1. The van der Waals surface area contributed by atoms with E-state index in [4.69, 9.17) is 4.74 Å². The number of methoxy groups -OCH3 is 1. The van der Waals surface area contributed by atoms with Crippen molar-refractivity contribution >= 4 is 5.97 Å². The van der Waals surface area contributed by atoms with Crippen molar-refractivity contribution in [1.29, 1.82) is 0 Å². The second kappa shape index (κ2) is 9.08. The molecule has 1 aromatic carbocycles. The fraction of sp³-hybridized carbons (Fsp3) is 0.500. The molecule has 0 N–H and O–H groups in total. The summed E-state index contributed by atoms with van der Waals surface area (Å²) in [5, 5.41) is 8.36. The van der Waals surface area contributed by atoms with Crippen LogP contribution in [0.4, 0.5) is 0 Å². The maximum absolute atomic E-state index is 12.1. The van der Waals surface area contributed by atoms with E-state index in [-0.39, 0.29) is 5.97 Å². The highest BCUT2D eigenvalue weighted by atomic mass is 16.5. The number of nitrogens with zero attached hydrogens (tertiary/aromatic N) is 3. The van der Waals surface area contributed by atoms with Gasteiger partial charge in [0.25, 0.3) is 0 Å². The first kappa shape index (κ1) is 17.2. The van der Waals surface area contributed by atoms with E-state index in [1.165, 1.54) is 32.8 Å². The lowest BCUT2D eigenvalue weighted by Crippen LogP contribution is -2.13. The first-order chi connectivity index (χ1) is 11.3. The molecule has 0 aliphatic rings. The van der Waals surface area contributed by atoms with Crippen LogP contribution in [0.3, 0.4) is 0 Å². The fourth-order valence-electron chi connectivity index (χ4n) is 2.60. The summed E-state index contributed by atoms with van der Waals surface area (Å²) < 4.78 is 6.59. The van der Waals surface area contributed by atoms with Crippen molar-refractivity contribution in [1.82, 2.24) is 15.0 Å². The van der Waals surface area contributed by atoms with Gasteiger partial charge in [0.15, 0.2) is 5.69 Å². The van der Waals surface area contributed by atoms with Gasteiger partial charge in [-0.25, -0.2) is 9.48 Å². The van der Waals surface area contributed by atoms with Crippen LogP contribution in [-0.4, -0.2) is 28.1 Å². The average molecular weight is 315 g/mol. The zero-order chi connectivity index (χ0) is 16.5. The van der Waals surface area contributed by atoms with E-state index >= 15 is 0 Å². The van der Waals surface area contributed by atoms with Gasteiger partial charge in [0.2, 0.25) is 0 Å². The van der Waals surface area contributed by atoms with E-state index in [0.717, 1.165) is 18.4 Å². The summed E-state index contributed by atoms with van der Waals surface area (Å²) in [5.41, 5.74) is 1.90. The molecule has 0 aliphatic carbocycles. The Kier molecular flexibility index (Phi) is 6.78. The molecule has 0 saturated carbocycles. The lowest BCUT2D eigenvalue weighted by molar-refractivity contribution is 0.0587. The number of hydrogen-bond acceptors (Lipinski definition) is 4. The van der Waals surface area contributed by atoms with Crippen LogP contribution in [0, 0.1) is 0 Å². The van der Waals surface area contributed by atoms with Gasteiger partial charge < -0.3 is 4.74 Å². The molecule has 0 atom stereocenters. The van der Waals surface area contributed by atoms with Gasteiger partial charge in [0, 0.05) is 12.1 Å². The Morgan fingerprint density at radius 2 is 1.78 bits per heavy atom. The van der Waals surface area contributed by atoms with Crippen molar-refractivity contribution in [2.75, 3.05) is 7.11 Å². The molecule has 0 radical (unpaired) electrons. The lowest BCUT2D eigenvalue weighted by atomic mass is 10.1. The van der Waals surface area contributed by atoms with Crippen molar-refractivity contribution in [3.05, 3.63) is 36.0 Å². The zero-order valence-electron chi connectivity index (χ0n) is 14.0. The third kappa shape index (κ3) is 4.65. The van der Waals surface area contributed by atoms with Crippen LogP contribution in [0.15, 0.2) is 30.3 Å². The topological polar surface area (TPSA) is 57.0 Å². The molecule has 0 amide bonds. The molecular formula is C18H25N3O2. The Bertz CT molecular complexity index is 608. The minimum atomic E-state index is -0.389. The molecule has 0 aliphatic heterocycles. The van der Waals surface area contributed by atoms with E-state index in [0.29, 0.717) is 17.9 Å². The van der Waals surface area contributed by atoms with E-state index in [1.54, 1.807) is 4.68 Å². The van der Waals surface area contributed by atoms with E-state index in [9.17, 15) is 4.79 Å². The molecule has 0 spiro atoms. The highest BCUT2D eigenvalue weighted by molar-refractivity contribution is 5.94. The molecule has 2 rings (SSSR count). The predicted molar refractivity (Wildman–Crippen MR) is 90.2 cm³/mol. The monoisotopic (exact) mass is 315 g/mol. The molecule has 0 unspecified atom stereocenters. The van der Waals surface area contributed by atoms with Crippen LogP contribution in [-0.2, 0) is 11.3 Å². The third-order valence-electron chi connectivity index (χ3n) is 3.88. The van der Waals surface area contributed by atoms with Crippen LogP contribution < -0.4 is 0 Å². The molecule has 5 nitrogen and oxygen atoms in total. The molecule has 0 saturated heterocycles. The fourth-order valence-corrected chi connectivity index (χ4v) is 2.60. The summed E-state index contributed by atoms with van der Waals surface area (Å²) in [6.07, 6.45) is 7.16. The lowest BCUT2D eigenvalue weighted by Gasteiger charge is -2.06. The predicted octanol–water partition coefficient (Wildman–Crippen LogP) is 4.09. The standard InChI is InChI=1S/C18H25N3O2/c1-3-4-5-6-7-11-14-21-17(18(22)23-2)16(19-20-21)15-12-9-8-10-13-15/h8-10,12-13H,3-7,11,14H2,1-2H3. The molecular weight excluding hydrogens is 290 g/mol. The summed E-state index contributed by atoms with van der Waals surface area (Å²) in [4.78, 5) is 12.1. The normalized spacial score (nSPS) is 10.7. The number of ether oxygens (including phenoxy) is 1. The van der Waals surface area contributed by atoms with Crippen LogP contribution >= 0.6 is 0 Å². The van der Waals surface area contributed by atoms with Gasteiger partial charge in [-0.2, -0.15) is 0 Å². The number of carbonyl (C=O) groups excluding carboxylic acids is 1. The second-order valence-electron chi connectivity index (χ2n) is 5.64. The SMILES string of the molecule is CCCCCCCCn1nnc(-c2ccccc2)c1C(=O)OC. The largest absolute Gasteiger partial charge is 0.464 e. The van der Waals surface area contributed by atoms with Gasteiger partial charge in [0.05, 0.1) is 7.11 Å². The Balaban J connectivity index is 2.08. The maximum atomic E-state index is 12.1. The molecule has 0 fully saturated rings. The van der Waals surface area contributed by atoms with E-state index < -0.39 is 0 Å². The molecule has 23 heavy (non-hydrogen) atoms. The Labute approximate surface area is 137 Å². The number of carbonyl (C=O) groups is 1. The minimum absolute atomic E-state index is 0.389. The van der Waals surface area contributed by atoms with Gasteiger partial charge in [0.1, 0.15) is 5.69 Å². The van der Waals surface area contributed by atoms with Gasteiger partial charge in [-0.15, -0.1) is 5.10 Å². The molecule has 2 aromatic rings. The second-order valence-corrected chi connectivity index (χ2v) is 5.64. The number of aromatic nitrogens is 3. The Morgan fingerprint density at radius 3 is 2.48 bits per heavy atom.